The predicted molar refractivity (Wildman–Crippen MR) is 115 cm³/mol. The number of carbonyl (C=O) groups excluding carboxylic acids is 2. The summed E-state index contributed by atoms with van der Waals surface area (Å²) in [6.45, 7) is 6.56. The van der Waals surface area contributed by atoms with Crippen molar-refractivity contribution < 1.29 is 14.7 Å². The first-order valence-electron chi connectivity index (χ1n) is 9.51. The number of hydrogen-bond donors (Lipinski definition) is 2. The van der Waals surface area contributed by atoms with Gasteiger partial charge in [0.15, 0.2) is 10.8 Å². The van der Waals surface area contributed by atoms with E-state index in [1.807, 2.05) is 19.1 Å². The maximum atomic E-state index is 13.5. The highest BCUT2D eigenvalue weighted by molar-refractivity contribution is 8.15. The standard InChI is InChI=1S/C22H23N3O3S/c1-12(2)14-9-8-13(3)15(10-14)11-25-17-7-5-4-6-16(17)22(28,20(25)27)18-19(26)24-21(23)29-18/h4-10,12,18,28H,11H2,1-3H3,(H2,23,24,26)/t18-,22+/m0/s1. The van der Waals surface area contributed by atoms with Gasteiger partial charge in [0.25, 0.3) is 11.8 Å². The van der Waals surface area contributed by atoms with Crippen LogP contribution in [0.3, 0.4) is 0 Å². The van der Waals surface area contributed by atoms with E-state index in [9.17, 15) is 14.7 Å². The number of para-hydroxylation sites is 1. The number of fused-ring (bicyclic) bond motifs is 1. The first-order valence-corrected chi connectivity index (χ1v) is 10.4. The van der Waals surface area contributed by atoms with Gasteiger partial charge in [-0.3, -0.25) is 9.59 Å². The third-order valence-electron chi connectivity index (χ3n) is 5.61. The highest BCUT2D eigenvalue weighted by Gasteiger charge is 2.59. The average Bonchev–Trinajstić information content (AvgIpc) is 3.13. The van der Waals surface area contributed by atoms with Crippen molar-refractivity contribution in [2.75, 3.05) is 4.90 Å². The van der Waals surface area contributed by atoms with Crippen LogP contribution in [0.1, 0.15) is 42.0 Å². The van der Waals surface area contributed by atoms with Crippen molar-refractivity contribution in [1.29, 1.82) is 0 Å². The van der Waals surface area contributed by atoms with Crippen LogP contribution >= 0.6 is 11.8 Å². The number of nitrogens with two attached hydrogens (primary N) is 1. The van der Waals surface area contributed by atoms with Gasteiger partial charge in [0.05, 0.1) is 12.2 Å². The third-order valence-corrected chi connectivity index (χ3v) is 6.72. The molecule has 4 rings (SSSR count). The number of nitrogens with zero attached hydrogens (tertiary/aromatic N) is 2. The van der Waals surface area contributed by atoms with Crippen LogP contribution in [-0.4, -0.2) is 27.3 Å². The van der Waals surface area contributed by atoms with E-state index in [4.69, 9.17) is 5.73 Å². The molecule has 3 N–H and O–H groups in total. The molecule has 0 radical (unpaired) electrons. The van der Waals surface area contributed by atoms with Gasteiger partial charge in [-0.25, -0.2) is 0 Å². The molecule has 2 aliphatic heterocycles. The lowest BCUT2D eigenvalue weighted by atomic mass is 9.91. The molecule has 0 bridgehead atoms. The molecule has 2 aliphatic rings. The lowest BCUT2D eigenvalue weighted by Crippen LogP contribution is -2.49. The van der Waals surface area contributed by atoms with Crippen LogP contribution in [-0.2, 0) is 21.7 Å². The summed E-state index contributed by atoms with van der Waals surface area (Å²) in [5, 5.41) is 10.5. The van der Waals surface area contributed by atoms with Crippen LogP contribution in [0.2, 0.25) is 0 Å². The van der Waals surface area contributed by atoms with Crippen LogP contribution in [0.25, 0.3) is 0 Å². The molecule has 0 saturated carbocycles. The van der Waals surface area contributed by atoms with Crippen molar-refractivity contribution in [2.45, 2.75) is 44.1 Å². The number of rotatable bonds is 4. The fourth-order valence-corrected chi connectivity index (χ4v) is 4.83. The Kier molecular flexibility index (Phi) is 4.75. The number of hydrogen-bond acceptors (Lipinski definition) is 5. The molecule has 0 aliphatic carbocycles. The quantitative estimate of drug-likeness (QED) is 0.810. The molecule has 0 aromatic heterocycles. The SMILES string of the molecule is Cc1ccc(C(C)C)cc1CN1C(=O)[C@](O)([C@H]2SC(N)=NC2=O)c2ccccc21. The van der Waals surface area contributed by atoms with E-state index in [-0.39, 0.29) is 5.17 Å². The number of aryl methyl sites for hydroxylation is 1. The highest BCUT2D eigenvalue weighted by atomic mass is 32.2. The van der Waals surface area contributed by atoms with Crippen molar-refractivity contribution in [3.8, 4) is 0 Å². The molecule has 0 fully saturated rings. The zero-order chi connectivity index (χ0) is 20.9. The number of carbonyl (C=O) groups is 2. The lowest BCUT2D eigenvalue weighted by Gasteiger charge is -2.27. The van der Waals surface area contributed by atoms with Crippen LogP contribution in [0, 0.1) is 6.92 Å². The fraction of sp³-hybridized carbons (Fsp3) is 0.318. The molecule has 6 nitrogen and oxygen atoms in total. The Balaban J connectivity index is 1.76. The minimum atomic E-state index is -1.99. The van der Waals surface area contributed by atoms with Gasteiger partial charge in [-0.1, -0.05) is 62.0 Å². The molecule has 2 atom stereocenters. The van der Waals surface area contributed by atoms with E-state index in [0.717, 1.165) is 22.9 Å². The largest absolute Gasteiger partial charge is 0.378 e. The number of amidine groups is 1. The second-order valence-electron chi connectivity index (χ2n) is 7.80. The fourth-order valence-electron chi connectivity index (χ4n) is 3.89. The summed E-state index contributed by atoms with van der Waals surface area (Å²) in [6, 6.07) is 13.3. The number of anilines is 1. The summed E-state index contributed by atoms with van der Waals surface area (Å²) in [7, 11) is 0. The maximum Gasteiger partial charge on any atom is 0.265 e. The Hall–Kier alpha value is -2.64. The number of aliphatic imine (C=N–C) groups is 1. The van der Waals surface area contributed by atoms with E-state index in [0.29, 0.717) is 23.7 Å². The van der Waals surface area contributed by atoms with Crippen molar-refractivity contribution >= 4 is 34.4 Å². The molecular weight excluding hydrogens is 386 g/mol. The first-order chi connectivity index (χ1) is 13.7. The second-order valence-corrected chi connectivity index (χ2v) is 8.93. The topological polar surface area (TPSA) is 96.0 Å². The van der Waals surface area contributed by atoms with E-state index in [1.54, 1.807) is 23.1 Å². The molecule has 150 valence electrons. The van der Waals surface area contributed by atoms with Gasteiger partial charge in [-0.05, 0) is 35.6 Å². The van der Waals surface area contributed by atoms with E-state index in [1.165, 1.54) is 5.56 Å². The average molecular weight is 410 g/mol. The zero-order valence-electron chi connectivity index (χ0n) is 16.5. The number of thioether (sulfide) groups is 1. The van der Waals surface area contributed by atoms with Crippen LogP contribution in [0.15, 0.2) is 47.5 Å². The van der Waals surface area contributed by atoms with Gasteiger partial charge in [-0.2, -0.15) is 4.99 Å². The van der Waals surface area contributed by atoms with Crippen molar-refractivity contribution in [3.63, 3.8) is 0 Å². The molecule has 0 unspecified atom stereocenters. The van der Waals surface area contributed by atoms with Crippen LogP contribution in [0.4, 0.5) is 5.69 Å². The number of benzene rings is 2. The smallest absolute Gasteiger partial charge is 0.265 e. The van der Waals surface area contributed by atoms with Gasteiger partial charge < -0.3 is 15.7 Å². The van der Waals surface area contributed by atoms with E-state index < -0.39 is 22.7 Å². The minimum absolute atomic E-state index is 0.0673. The molecule has 2 aromatic rings. The van der Waals surface area contributed by atoms with Crippen molar-refractivity contribution in [3.05, 3.63) is 64.7 Å². The monoisotopic (exact) mass is 409 g/mol. The Morgan fingerprint density at radius 1 is 1.24 bits per heavy atom. The van der Waals surface area contributed by atoms with Crippen LogP contribution < -0.4 is 10.6 Å². The molecule has 0 spiro atoms. The molecule has 0 saturated heterocycles. The third kappa shape index (κ3) is 3.05. The maximum absolute atomic E-state index is 13.5. The first kappa shape index (κ1) is 19.7. The summed E-state index contributed by atoms with van der Waals surface area (Å²) < 4.78 is 0. The second kappa shape index (κ2) is 7.00. The molecular formula is C22H23N3O3S. The number of aliphatic hydroxyl groups is 1. The van der Waals surface area contributed by atoms with Gasteiger partial charge in [0, 0.05) is 5.56 Å². The lowest BCUT2D eigenvalue weighted by molar-refractivity contribution is -0.140. The highest BCUT2D eigenvalue weighted by Crippen LogP contribution is 2.48. The van der Waals surface area contributed by atoms with Crippen molar-refractivity contribution in [1.82, 2.24) is 0 Å². The van der Waals surface area contributed by atoms with Gasteiger partial charge in [0.2, 0.25) is 0 Å². The van der Waals surface area contributed by atoms with Crippen molar-refractivity contribution in [2.24, 2.45) is 10.7 Å². The molecule has 2 heterocycles. The Morgan fingerprint density at radius 3 is 2.62 bits per heavy atom. The number of amides is 2. The predicted octanol–water partition coefficient (Wildman–Crippen LogP) is 2.81. The minimum Gasteiger partial charge on any atom is -0.378 e. The van der Waals surface area contributed by atoms with Gasteiger partial charge in [0.1, 0.15) is 5.25 Å². The van der Waals surface area contributed by atoms with E-state index in [2.05, 4.69) is 31.0 Å². The Bertz CT molecular complexity index is 1050. The zero-order valence-corrected chi connectivity index (χ0v) is 17.4. The Labute approximate surface area is 173 Å². The summed E-state index contributed by atoms with van der Waals surface area (Å²) in [4.78, 5) is 31.1. The Morgan fingerprint density at radius 2 is 1.97 bits per heavy atom. The molecule has 2 aromatic carbocycles. The summed E-state index contributed by atoms with van der Waals surface area (Å²) in [5.41, 5.74) is 7.97. The van der Waals surface area contributed by atoms with E-state index >= 15 is 0 Å². The summed E-state index contributed by atoms with van der Waals surface area (Å²) in [5.74, 6) is -0.748. The van der Waals surface area contributed by atoms with Crippen LogP contribution in [0.5, 0.6) is 0 Å². The van der Waals surface area contributed by atoms with Gasteiger partial charge >= 0.3 is 0 Å². The molecule has 2 amide bonds. The normalized spacial score (nSPS) is 23.7. The summed E-state index contributed by atoms with van der Waals surface area (Å²) >= 11 is 0.936. The van der Waals surface area contributed by atoms with Gasteiger partial charge in [-0.15, -0.1) is 0 Å². The molecule has 29 heavy (non-hydrogen) atoms. The summed E-state index contributed by atoms with van der Waals surface area (Å²) in [6.07, 6.45) is 0. The molecule has 7 heteroatoms.